The zero-order chi connectivity index (χ0) is 11.2. The predicted octanol–water partition coefficient (Wildman–Crippen LogP) is 1.73. The molecule has 3 atom stereocenters. The van der Waals surface area contributed by atoms with Crippen LogP contribution in [0.5, 0.6) is 0 Å². The van der Waals surface area contributed by atoms with Crippen LogP contribution >= 0.6 is 0 Å². The summed E-state index contributed by atoms with van der Waals surface area (Å²) in [7, 11) is 0. The van der Waals surface area contributed by atoms with Gasteiger partial charge in [-0.25, -0.2) is 0 Å². The van der Waals surface area contributed by atoms with E-state index in [1.807, 2.05) is 0 Å². The minimum absolute atomic E-state index is 0.0614. The van der Waals surface area contributed by atoms with Crippen molar-refractivity contribution in [3.8, 4) is 0 Å². The molecule has 15 heavy (non-hydrogen) atoms. The molecule has 3 heteroatoms. The largest absolute Gasteiger partial charge is 0.322 e. The Kier molecular flexibility index (Phi) is 2.53. The summed E-state index contributed by atoms with van der Waals surface area (Å²) in [5.74, 6) is 0.319. The van der Waals surface area contributed by atoms with Gasteiger partial charge >= 0.3 is 0 Å². The number of nitrogens with one attached hydrogen (secondary N) is 1. The molecular formula is C12H22N2O. The lowest BCUT2D eigenvalue weighted by Crippen LogP contribution is -2.40. The number of nitrogens with zero attached hydrogens (tertiary/aromatic N) is 1. The van der Waals surface area contributed by atoms with Crippen LogP contribution in [0.4, 0.5) is 0 Å². The molecule has 3 nitrogen and oxygen atoms in total. The summed E-state index contributed by atoms with van der Waals surface area (Å²) in [6.07, 6.45) is 3.34. The summed E-state index contributed by atoms with van der Waals surface area (Å²) in [5.41, 5.74) is 0.341. The topological polar surface area (TPSA) is 32.3 Å². The highest BCUT2D eigenvalue weighted by Crippen LogP contribution is 2.50. The van der Waals surface area contributed by atoms with Crippen LogP contribution in [0.1, 0.15) is 47.0 Å². The van der Waals surface area contributed by atoms with Crippen molar-refractivity contribution >= 4 is 5.91 Å². The van der Waals surface area contributed by atoms with E-state index in [0.717, 1.165) is 19.3 Å². The van der Waals surface area contributed by atoms with Crippen molar-refractivity contribution in [3.63, 3.8) is 0 Å². The van der Waals surface area contributed by atoms with E-state index in [1.54, 1.807) is 0 Å². The fourth-order valence-corrected chi connectivity index (χ4v) is 2.61. The smallest absolute Gasteiger partial charge is 0.241 e. The first kappa shape index (κ1) is 10.9. The fourth-order valence-electron chi connectivity index (χ4n) is 2.61. The molecule has 0 bridgehead atoms. The first-order valence-electron chi connectivity index (χ1n) is 6.09. The van der Waals surface area contributed by atoms with Crippen LogP contribution < -0.4 is 5.32 Å². The minimum atomic E-state index is 0.0614. The van der Waals surface area contributed by atoms with E-state index in [0.29, 0.717) is 17.4 Å². The highest BCUT2D eigenvalue weighted by molar-refractivity contribution is 5.85. The number of rotatable bonds is 3. The quantitative estimate of drug-likeness (QED) is 0.769. The Labute approximate surface area is 92.2 Å². The lowest BCUT2D eigenvalue weighted by atomic mass is 10.1. The van der Waals surface area contributed by atoms with Crippen LogP contribution in [0, 0.1) is 5.41 Å². The molecule has 1 saturated carbocycles. The highest BCUT2D eigenvalue weighted by Gasteiger charge is 2.55. The van der Waals surface area contributed by atoms with Gasteiger partial charge in [0, 0.05) is 6.04 Å². The summed E-state index contributed by atoms with van der Waals surface area (Å²) in [4.78, 5) is 14.2. The molecule has 0 aromatic carbocycles. The Bertz CT molecular complexity index is 275. The normalized spacial score (nSPS) is 38.5. The number of hydrogen-bond donors (Lipinski definition) is 1. The van der Waals surface area contributed by atoms with Gasteiger partial charge in [-0.05, 0) is 24.7 Å². The SMILES string of the molecule is CCC1NC(CC)N(C2CC2(C)C)C1=O. The Hall–Kier alpha value is -0.570. The highest BCUT2D eigenvalue weighted by atomic mass is 16.2. The Morgan fingerprint density at radius 3 is 2.40 bits per heavy atom. The van der Waals surface area contributed by atoms with Gasteiger partial charge in [-0.3, -0.25) is 10.1 Å². The summed E-state index contributed by atoms with van der Waals surface area (Å²) in [6.45, 7) is 8.71. The van der Waals surface area contributed by atoms with Gasteiger partial charge < -0.3 is 4.90 Å². The van der Waals surface area contributed by atoms with E-state index in [-0.39, 0.29) is 12.2 Å². The molecule has 0 radical (unpaired) electrons. The van der Waals surface area contributed by atoms with Gasteiger partial charge in [0.05, 0.1) is 12.2 Å². The zero-order valence-electron chi connectivity index (χ0n) is 10.2. The van der Waals surface area contributed by atoms with Gasteiger partial charge in [-0.15, -0.1) is 0 Å². The first-order valence-corrected chi connectivity index (χ1v) is 6.09. The van der Waals surface area contributed by atoms with Crippen LogP contribution in [0.15, 0.2) is 0 Å². The van der Waals surface area contributed by atoms with E-state index < -0.39 is 0 Å². The molecule has 1 aliphatic heterocycles. The Morgan fingerprint density at radius 1 is 1.40 bits per heavy atom. The van der Waals surface area contributed by atoms with Crippen molar-refractivity contribution in [2.24, 2.45) is 5.41 Å². The average molecular weight is 210 g/mol. The van der Waals surface area contributed by atoms with E-state index >= 15 is 0 Å². The van der Waals surface area contributed by atoms with E-state index in [1.165, 1.54) is 0 Å². The molecule has 1 heterocycles. The second-order valence-electron chi connectivity index (χ2n) is 5.51. The molecule has 1 saturated heterocycles. The maximum Gasteiger partial charge on any atom is 0.241 e. The van der Waals surface area contributed by atoms with E-state index in [4.69, 9.17) is 0 Å². The number of hydrogen-bond acceptors (Lipinski definition) is 2. The standard InChI is InChI=1S/C12H22N2O/c1-5-8-11(15)14(10(6-2)13-8)9-7-12(9,3)4/h8-10,13H,5-7H2,1-4H3. The molecule has 1 aliphatic carbocycles. The van der Waals surface area contributed by atoms with Crippen LogP contribution in [0.2, 0.25) is 0 Å². The minimum Gasteiger partial charge on any atom is -0.322 e. The summed E-state index contributed by atoms with van der Waals surface area (Å²) in [6, 6.07) is 0.533. The summed E-state index contributed by atoms with van der Waals surface area (Å²) >= 11 is 0. The van der Waals surface area contributed by atoms with Crippen molar-refractivity contribution in [2.75, 3.05) is 0 Å². The third-order valence-electron chi connectivity index (χ3n) is 3.87. The lowest BCUT2D eigenvalue weighted by Gasteiger charge is -2.24. The summed E-state index contributed by atoms with van der Waals surface area (Å²) < 4.78 is 0. The van der Waals surface area contributed by atoms with Gasteiger partial charge in [0.2, 0.25) is 5.91 Å². The van der Waals surface area contributed by atoms with Crippen molar-refractivity contribution in [1.29, 1.82) is 0 Å². The number of carbonyl (C=O) groups is 1. The first-order chi connectivity index (χ1) is 7.01. The molecule has 0 aromatic heterocycles. The third-order valence-corrected chi connectivity index (χ3v) is 3.87. The van der Waals surface area contributed by atoms with Gasteiger partial charge in [0.25, 0.3) is 0 Å². The van der Waals surface area contributed by atoms with Crippen LogP contribution in [-0.4, -0.2) is 29.1 Å². The van der Waals surface area contributed by atoms with Gasteiger partial charge in [-0.1, -0.05) is 27.7 Å². The molecule has 2 aliphatic rings. The molecular weight excluding hydrogens is 188 g/mol. The number of amides is 1. The maximum atomic E-state index is 12.1. The van der Waals surface area contributed by atoms with Crippen LogP contribution in [0.25, 0.3) is 0 Å². The van der Waals surface area contributed by atoms with E-state index in [9.17, 15) is 4.79 Å². The van der Waals surface area contributed by atoms with Gasteiger partial charge in [0.1, 0.15) is 0 Å². The summed E-state index contributed by atoms with van der Waals surface area (Å²) in [5, 5.41) is 3.43. The Balaban J connectivity index is 2.12. The van der Waals surface area contributed by atoms with Crippen molar-refractivity contribution < 1.29 is 4.79 Å². The predicted molar refractivity (Wildman–Crippen MR) is 60.3 cm³/mol. The second-order valence-corrected chi connectivity index (χ2v) is 5.51. The third kappa shape index (κ3) is 1.67. The second kappa shape index (κ2) is 3.48. The van der Waals surface area contributed by atoms with Gasteiger partial charge in [0.15, 0.2) is 0 Å². The van der Waals surface area contributed by atoms with Gasteiger partial charge in [-0.2, -0.15) is 0 Å². The van der Waals surface area contributed by atoms with Crippen molar-refractivity contribution in [3.05, 3.63) is 0 Å². The molecule has 0 aromatic rings. The van der Waals surface area contributed by atoms with Crippen LogP contribution in [0.3, 0.4) is 0 Å². The Morgan fingerprint density at radius 2 is 2.00 bits per heavy atom. The molecule has 2 fully saturated rings. The fraction of sp³-hybridized carbons (Fsp3) is 0.917. The molecule has 1 amide bonds. The number of carbonyl (C=O) groups excluding carboxylic acids is 1. The van der Waals surface area contributed by atoms with Crippen LogP contribution in [-0.2, 0) is 4.79 Å². The van der Waals surface area contributed by atoms with Crippen molar-refractivity contribution in [1.82, 2.24) is 10.2 Å². The van der Waals surface area contributed by atoms with E-state index in [2.05, 4.69) is 37.9 Å². The lowest BCUT2D eigenvalue weighted by molar-refractivity contribution is -0.131. The monoisotopic (exact) mass is 210 g/mol. The average Bonchev–Trinajstić information content (AvgIpc) is 2.68. The van der Waals surface area contributed by atoms with Crippen molar-refractivity contribution in [2.45, 2.75) is 65.2 Å². The molecule has 3 unspecified atom stereocenters. The maximum absolute atomic E-state index is 12.1. The molecule has 2 rings (SSSR count). The molecule has 0 spiro atoms. The molecule has 86 valence electrons. The zero-order valence-corrected chi connectivity index (χ0v) is 10.2. The molecule has 1 N–H and O–H groups in total.